The lowest BCUT2D eigenvalue weighted by Crippen LogP contribution is -2.66. The summed E-state index contributed by atoms with van der Waals surface area (Å²) in [6, 6.07) is 21.2. The van der Waals surface area contributed by atoms with Crippen LogP contribution in [-0.4, -0.2) is 26.1 Å². The minimum atomic E-state index is -2.62. The lowest BCUT2D eigenvalue weighted by molar-refractivity contribution is 0.171. The summed E-state index contributed by atoms with van der Waals surface area (Å²) >= 11 is 0. The van der Waals surface area contributed by atoms with E-state index in [2.05, 4.69) is 103 Å². The van der Waals surface area contributed by atoms with Gasteiger partial charge in [0, 0.05) is 5.92 Å². The summed E-state index contributed by atoms with van der Waals surface area (Å²) in [5.74, 6) is -0.109. The molecule has 0 aliphatic heterocycles. The molecule has 2 aromatic rings. The van der Waals surface area contributed by atoms with Gasteiger partial charge in [-0.05, 0) is 26.4 Å². The number of hydrogen-bond donors (Lipinski definition) is 1. The van der Waals surface area contributed by atoms with Crippen molar-refractivity contribution in [3.8, 4) is 0 Å². The molecule has 1 N–H and O–H groups in total. The van der Waals surface area contributed by atoms with Gasteiger partial charge in [-0.15, -0.1) is 0 Å². The second kappa shape index (κ2) is 11.3. The summed E-state index contributed by atoms with van der Waals surface area (Å²) < 4.78 is 6.96. The van der Waals surface area contributed by atoms with E-state index in [1.165, 1.54) is 10.4 Å². The van der Waals surface area contributed by atoms with E-state index < -0.39 is 14.4 Å². The third-order valence-corrected chi connectivity index (χ3v) is 11.0. The average molecular weight is 463 g/mol. The van der Waals surface area contributed by atoms with E-state index >= 15 is 0 Å². The van der Waals surface area contributed by atoms with Gasteiger partial charge in [-0.2, -0.15) is 0 Å². The van der Waals surface area contributed by atoms with Gasteiger partial charge in [0.15, 0.2) is 0 Å². The Kier molecular flexibility index (Phi) is 9.25. The molecule has 0 radical (unpaired) electrons. The number of allylic oxidation sites excluding steroid dienone is 3. The van der Waals surface area contributed by atoms with Crippen molar-refractivity contribution in [2.75, 3.05) is 6.61 Å². The SMILES string of the molecule is C=C(CO[Si](c1ccccc1)(c1ccccc1)C(C)(C)C)[C@@H](C)[C@H](O)C=C/C=C\C(C)(C)C. The Labute approximate surface area is 202 Å². The van der Waals surface area contributed by atoms with Gasteiger partial charge in [0.2, 0.25) is 0 Å². The molecule has 2 rings (SSSR count). The number of rotatable bonds is 9. The second-order valence-corrected chi connectivity index (χ2v) is 15.3. The van der Waals surface area contributed by atoms with Crippen LogP contribution in [0.15, 0.2) is 97.1 Å². The van der Waals surface area contributed by atoms with Crippen molar-refractivity contribution in [2.24, 2.45) is 11.3 Å². The Morgan fingerprint density at radius 3 is 1.82 bits per heavy atom. The van der Waals surface area contributed by atoms with Crippen molar-refractivity contribution in [1.82, 2.24) is 0 Å². The van der Waals surface area contributed by atoms with E-state index in [1.54, 1.807) is 0 Å². The Balaban J connectivity index is 2.28. The number of benzene rings is 2. The van der Waals surface area contributed by atoms with Gasteiger partial charge in [0.05, 0.1) is 12.7 Å². The molecule has 0 saturated heterocycles. The molecule has 2 nitrogen and oxygen atoms in total. The van der Waals surface area contributed by atoms with Crippen LogP contribution in [0.1, 0.15) is 48.5 Å². The molecule has 2 aromatic carbocycles. The summed E-state index contributed by atoms with van der Waals surface area (Å²) in [5.41, 5.74) is 1.02. The first-order valence-corrected chi connectivity index (χ1v) is 13.8. The molecule has 3 heteroatoms. The fourth-order valence-electron chi connectivity index (χ4n) is 4.02. The molecule has 2 atom stereocenters. The molecule has 0 fully saturated rings. The highest BCUT2D eigenvalue weighted by atomic mass is 28.4. The van der Waals surface area contributed by atoms with Crippen LogP contribution in [0, 0.1) is 11.3 Å². The van der Waals surface area contributed by atoms with Crippen molar-refractivity contribution < 1.29 is 9.53 Å². The van der Waals surface area contributed by atoms with Gasteiger partial charge < -0.3 is 9.53 Å². The molecule has 0 amide bonds. The maximum absolute atomic E-state index is 10.7. The Hall–Kier alpha value is -2.20. The van der Waals surface area contributed by atoms with Crippen molar-refractivity contribution in [2.45, 2.75) is 59.6 Å². The molecule has 0 aromatic heterocycles. The molecule has 0 bridgehead atoms. The van der Waals surface area contributed by atoms with E-state index in [-0.39, 0.29) is 16.4 Å². The summed E-state index contributed by atoms with van der Waals surface area (Å²) in [6.07, 6.45) is 7.27. The fraction of sp³-hybridized carbons (Fsp3) is 0.400. The van der Waals surface area contributed by atoms with E-state index in [0.717, 1.165) is 5.57 Å². The zero-order valence-electron chi connectivity index (χ0n) is 21.5. The first-order chi connectivity index (χ1) is 15.4. The minimum Gasteiger partial charge on any atom is -0.403 e. The standard InChI is InChI=1S/C30H42O2Si/c1-24(25(2)28(31)21-15-16-22-29(3,4)5)23-32-33(30(6,7)8,26-17-11-9-12-18-26)27-19-13-10-14-20-27/h9-22,25,28,31H,1,23H2,2-8H3/b21-15?,22-16-/t25-,28-/m1/s1. The Bertz CT molecular complexity index is 891. The maximum atomic E-state index is 10.7. The molecule has 33 heavy (non-hydrogen) atoms. The van der Waals surface area contributed by atoms with Gasteiger partial charge in [-0.1, -0.05) is 140 Å². The van der Waals surface area contributed by atoms with Crippen LogP contribution in [-0.2, 0) is 4.43 Å². The average Bonchev–Trinajstić information content (AvgIpc) is 2.76. The molecule has 0 heterocycles. The molecule has 0 saturated carbocycles. The monoisotopic (exact) mass is 462 g/mol. The highest BCUT2D eigenvalue weighted by molar-refractivity contribution is 6.99. The minimum absolute atomic E-state index is 0.0878. The van der Waals surface area contributed by atoms with E-state index in [1.807, 2.05) is 37.3 Å². The Morgan fingerprint density at radius 1 is 0.909 bits per heavy atom. The first-order valence-electron chi connectivity index (χ1n) is 11.9. The van der Waals surface area contributed by atoms with Crippen LogP contribution in [0.2, 0.25) is 5.04 Å². The summed E-state index contributed by atoms with van der Waals surface area (Å²) in [5, 5.41) is 13.1. The maximum Gasteiger partial charge on any atom is 0.261 e. The van der Waals surface area contributed by atoms with Crippen LogP contribution in [0.5, 0.6) is 0 Å². The quantitative estimate of drug-likeness (QED) is 0.270. The summed E-state index contributed by atoms with van der Waals surface area (Å²) in [4.78, 5) is 0. The normalized spacial score (nSPS) is 15.2. The Morgan fingerprint density at radius 2 is 1.39 bits per heavy atom. The lowest BCUT2D eigenvalue weighted by atomic mass is 9.95. The van der Waals surface area contributed by atoms with Crippen LogP contribution in [0.25, 0.3) is 0 Å². The number of hydrogen-bond acceptors (Lipinski definition) is 2. The summed E-state index contributed by atoms with van der Waals surface area (Å²) in [7, 11) is -2.62. The smallest absolute Gasteiger partial charge is 0.261 e. The van der Waals surface area contributed by atoms with E-state index in [4.69, 9.17) is 4.43 Å². The van der Waals surface area contributed by atoms with Gasteiger partial charge in [-0.25, -0.2) is 0 Å². The van der Waals surface area contributed by atoms with Crippen molar-refractivity contribution in [1.29, 1.82) is 0 Å². The van der Waals surface area contributed by atoms with Crippen LogP contribution in [0.4, 0.5) is 0 Å². The zero-order valence-corrected chi connectivity index (χ0v) is 22.5. The molecule has 0 aliphatic rings. The topological polar surface area (TPSA) is 29.5 Å². The third kappa shape index (κ3) is 7.14. The van der Waals surface area contributed by atoms with Crippen molar-refractivity contribution in [3.63, 3.8) is 0 Å². The van der Waals surface area contributed by atoms with Crippen LogP contribution < -0.4 is 10.4 Å². The predicted molar refractivity (Wildman–Crippen MR) is 146 cm³/mol. The van der Waals surface area contributed by atoms with E-state index in [9.17, 15) is 5.11 Å². The summed E-state index contributed by atoms with van der Waals surface area (Å²) in [6.45, 7) is 20.0. The van der Waals surface area contributed by atoms with Gasteiger partial charge in [-0.3, -0.25) is 0 Å². The molecule has 178 valence electrons. The number of aliphatic hydroxyl groups excluding tert-OH is 1. The van der Waals surface area contributed by atoms with Gasteiger partial charge in [0.25, 0.3) is 8.32 Å². The molecule has 0 aliphatic carbocycles. The molecular formula is C30H42O2Si. The lowest BCUT2D eigenvalue weighted by Gasteiger charge is -2.43. The van der Waals surface area contributed by atoms with Gasteiger partial charge in [0.1, 0.15) is 0 Å². The second-order valence-electron chi connectivity index (χ2n) is 11.0. The zero-order chi connectivity index (χ0) is 24.7. The van der Waals surface area contributed by atoms with Gasteiger partial charge >= 0.3 is 0 Å². The highest BCUT2D eigenvalue weighted by Gasteiger charge is 2.50. The van der Waals surface area contributed by atoms with Crippen molar-refractivity contribution >= 4 is 18.7 Å². The highest BCUT2D eigenvalue weighted by Crippen LogP contribution is 2.37. The van der Waals surface area contributed by atoms with Crippen LogP contribution >= 0.6 is 0 Å². The van der Waals surface area contributed by atoms with Crippen molar-refractivity contribution in [3.05, 3.63) is 97.1 Å². The number of aliphatic hydroxyl groups is 1. The van der Waals surface area contributed by atoms with Crippen LogP contribution in [0.3, 0.4) is 0 Å². The fourth-order valence-corrected chi connectivity index (χ4v) is 8.58. The molecule has 0 unspecified atom stereocenters. The van der Waals surface area contributed by atoms with E-state index in [0.29, 0.717) is 6.61 Å². The molecular weight excluding hydrogens is 420 g/mol. The largest absolute Gasteiger partial charge is 0.403 e. The third-order valence-electron chi connectivity index (χ3n) is 6.06. The molecule has 0 spiro atoms. The first kappa shape index (κ1) is 27.0. The predicted octanol–water partition coefficient (Wildman–Crippen LogP) is 6.27.